The summed E-state index contributed by atoms with van der Waals surface area (Å²) >= 11 is 0. The predicted octanol–water partition coefficient (Wildman–Crippen LogP) is 3.71. The van der Waals surface area contributed by atoms with Crippen molar-refractivity contribution in [3.8, 4) is 0 Å². The maximum atomic E-state index is 13.0. The first kappa shape index (κ1) is 26.0. The molecule has 2 aliphatic heterocycles. The number of amides is 1. The number of aryl methyl sites for hydroxylation is 2. The molecule has 1 saturated heterocycles. The topological polar surface area (TPSA) is 112 Å². The van der Waals surface area contributed by atoms with E-state index >= 15 is 0 Å². The van der Waals surface area contributed by atoms with Crippen molar-refractivity contribution >= 4 is 28.6 Å². The van der Waals surface area contributed by atoms with Gasteiger partial charge in [0.15, 0.2) is 0 Å². The fourth-order valence-corrected chi connectivity index (χ4v) is 5.37. The van der Waals surface area contributed by atoms with E-state index in [-0.39, 0.29) is 17.5 Å². The molecule has 9 nitrogen and oxygen atoms in total. The summed E-state index contributed by atoms with van der Waals surface area (Å²) in [6.07, 6.45) is 6.76. The van der Waals surface area contributed by atoms with E-state index in [2.05, 4.69) is 32.8 Å². The van der Waals surface area contributed by atoms with E-state index in [4.69, 9.17) is 4.98 Å². The largest absolute Gasteiger partial charge is 0.480 e. The molecule has 0 aliphatic carbocycles. The van der Waals surface area contributed by atoms with Crippen molar-refractivity contribution in [1.82, 2.24) is 25.0 Å². The number of benzene rings is 1. The first-order chi connectivity index (χ1) is 18.4. The van der Waals surface area contributed by atoms with Gasteiger partial charge in [0.2, 0.25) is 0 Å². The standard InChI is InChI=1S/C27H32F2N6O3/c28-27(29)35-23-8-5-19(14-20(23)15-31-35)25(36)33-22(26(37)38)10-13-34-12-9-17(16-34)3-6-21-7-4-18-2-1-11-30-24(18)32-21/h4-5,7-8,14-15,17,22,27H,1-3,6,9-13,16H2,(H,30,32)(H,33,36)(H,37,38). The summed E-state index contributed by atoms with van der Waals surface area (Å²) in [5.41, 5.74) is 2.79. The van der Waals surface area contributed by atoms with Crippen molar-refractivity contribution in [3.63, 3.8) is 0 Å². The predicted molar refractivity (Wildman–Crippen MR) is 138 cm³/mol. The Kier molecular flexibility index (Phi) is 7.82. The second kappa shape index (κ2) is 11.4. The number of carbonyl (C=O) groups excluding carboxylic acids is 1. The number of nitrogens with one attached hydrogen (secondary N) is 2. The molecule has 2 unspecified atom stereocenters. The lowest BCUT2D eigenvalue weighted by Gasteiger charge is -2.20. The number of aromatic nitrogens is 3. The SMILES string of the molecule is O=C(NC(CCN1CCC(CCc2ccc3c(n2)NCCC3)C1)C(=O)O)c1ccc2c(cnn2C(F)F)c1. The van der Waals surface area contributed by atoms with Crippen molar-refractivity contribution in [2.75, 3.05) is 31.5 Å². The Labute approximate surface area is 219 Å². The van der Waals surface area contributed by atoms with Crippen molar-refractivity contribution in [1.29, 1.82) is 0 Å². The normalized spacial score (nSPS) is 18.3. The van der Waals surface area contributed by atoms with Crippen LogP contribution >= 0.6 is 0 Å². The minimum atomic E-state index is -2.79. The number of alkyl halides is 2. The van der Waals surface area contributed by atoms with Gasteiger partial charge >= 0.3 is 12.5 Å². The summed E-state index contributed by atoms with van der Waals surface area (Å²) in [6.45, 7) is 0.547. The molecular formula is C27H32F2N6O3. The zero-order valence-corrected chi connectivity index (χ0v) is 21.1. The Hall–Kier alpha value is -3.60. The number of anilines is 1. The molecule has 3 N–H and O–H groups in total. The minimum absolute atomic E-state index is 0.199. The quantitative estimate of drug-likeness (QED) is 0.369. The summed E-state index contributed by atoms with van der Waals surface area (Å²) in [7, 11) is 0. The van der Waals surface area contributed by atoms with Crippen LogP contribution in [0.3, 0.4) is 0 Å². The third-order valence-corrected chi connectivity index (χ3v) is 7.51. The highest BCUT2D eigenvalue weighted by molar-refractivity contribution is 5.99. The molecule has 0 spiro atoms. The highest BCUT2D eigenvalue weighted by Crippen LogP contribution is 2.25. The van der Waals surface area contributed by atoms with Gasteiger partial charge in [-0.15, -0.1) is 0 Å². The number of pyridine rings is 1. The molecule has 3 aromatic rings. The van der Waals surface area contributed by atoms with Gasteiger partial charge in [-0.2, -0.15) is 13.9 Å². The average Bonchev–Trinajstić information content (AvgIpc) is 3.56. The maximum Gasteiger partial charge on any atom is 0.333 e. The van der Waals surface area contributed by atoms with Crippen LogP contribution in [-0.2, 0) is 17.6 Å². The number of nitrogens with zero attached hydrogens (tertiary/aromatic N) is 4. The third-order valence-electron chi connectivity index (χ3n) is 7.51. The summed E-state index contributed by atoms with van der Waals surface area (Å²) in [6, 6.07) is 7.48. The van der Waals surface area contributed by atoms with Crippen LogP contribution in [0, 0.1) is 5.92 Å². The Morgan fingerprint density at radius 1 is 1.24 bits per heavy atom. The van der Waals surface area contributed by atoms with Crippen LogP contribution in [0.1, 0.15) is 53.8 Å². The van der Waals surface area contributed by atoms with Crippen LogP contribution in [0.15, 0.2) is 36.5 Å². The second-order valence-corrected chi connectivity index (χ2v) is 10.1. The number of carbonyl (C=O) groups is 2. The molecule has 38 heavy (non-hydrogen) atoms. The van der Waals surface area contributed by atoms with Crippen molar-refractivity contribution in [3.05, 3.63) is 53.3 Å². The molecule has 5 rings (SSSR count). The van der Waals surface area contributed by atoms with Crippen LogP contribution in [-0.4, -0.2) is 68.9 Å². The number of carboxylic acids is 1. The monoisotopic (exact) mass is 526 g/mol. The number of carboxylic acid groups (broad SMARTS) is 1. The van der Waals surface area contributed by atoms with Gasteiger partial charge in [0.05, 0.1) is 11.7 Å². The van der Waals surface area contributed by atoms with Crippen molar-refractivity contribution in [2.45, 2.75) is 51.1 Å². The first-order valence-corrected chi connectivity index (χ1v) is 13.1. The molecule has 2 atom stereocenters. The Bertz CT molecular complexity index is 1310. The first-order valence-electron chi connectivity index (χ1n) is 13.1. The number of likely N-dealkylation sites (tertiary alicyclic amines) is 1. The van der Waals surface area contributed by atoms with Crippen LogP contribution < -0.4 is 10.6 Å². The molecule has 0 saturated carbocycles. The molecule has 0 bridgehead atoms. The molecule has 0 radical (unpaired) electrons. The summed E-state index contributed by atoms with van der Waals surface area (Å²) in [4.78, 5) is 31.6. The molecule has 2 aliphatic rings. The summed E-state index contributed by atoms with van der Waals surface area (Å²) < 4.78 is 26.6. The lowest BCUT2D eigenvalue weighted by Crippen LogP contribution is -2.43. The number of halogens is 2. The average molecular weight is 527 g/mol. The Morgan fingerprint density at radius 2 is 2.11 bits per heavy atom. The number of hydrogen-bond donors (Lipinski definition) is 3. The van der Waals surface area contributed by atoms with Crippen LogP contribution in [0.4, 0.5) is 14.6 Å². The third kappa shape index (κ3) is 5.93. The number of aliphatic carboxylic acids is 1. The van der Waals surface area contributed by atoms with Gasteiger partial charge < -0.3 is 20.6 Å². The molecule has 11 heteroatoms. The number of hydrogen-bond acceptors (Lipinski definition) is 6. The fraction of sp³-hybridized carbons (Fsp3) is 0.481. The molecular weight excluding hydrogens is 494 g/mol. The van der Waals surface area contributed by atoms with Gasteiger partial charge in [-0.3, -0.25) is 4.79 Å². The molecule has 1 aromatic carbocycles. The van der Waals surface area contributed by atoms with Gasteiger partial charge in [-0.25, -0.2) is 14.5 Å². The van der Waals surface area contributed by atoms with Crippen molar-refractivity contribution < 1.29 is 23.5 Å². The van der Waals surface area contributed by atoms with E-state index in [0.717, 1.165) is 63.3 Å². The van der Waals surface area contributed by atoms with Crippen LogP contribution in [0.2, 0.25) is 0 Å². The highest BCUT2D eigenvalue weighted by Gasteiger charge is 2.26. The second-order valence-electron chi connectivity index (χ2n) is 10.1. The van der Waals surface area contributed by atoms with Gasteiger partial charge in [0.1, 0.15) is 11.9 Å². The Morgan fingerprint density at radius 3 is 2.92 bits per heavy atom. The van der Waals surface area contributed by atoms with E-state index in [1.807, 2.05) is 0 Å². The van der Waals surface area contributed by atoms with Gasteiger partial charge in [0.25, 0.3) is 5.91 Å². The zero-order chi connectivity index (χ0) is 26.6. The fourth-order valence-electron chi connectivity index (χ4n) is 5.37. The van der Waals surface area contributed by atoms with E-state index in [0.29, 0.717) is 22.5 Å². The lowest BCUT2D eigenvalue weighted by atomic mass is 10.00. The zero-order valence-electron chi connectivity index (χ0n) is 21.1. The molecule has 1 fully saturated rings. The van der Waals surface area contributed by atoms with Gasteiger partial charge in [-0.05, 0) is 80.8 Å². The number of fused-ring (bicyclic) bond motifs is 2. The number of rotatable bonds is 10. The molecule has 4 heterocycles. The lowest BCUT2D eigenvalue weighted by molar-refractivity contribution is -0.139. The van der Waals surface area contributed by atoms with E-state index in [1.165, 1.54) is 30.0 Å². The molecule has 2 aromatic heterocycles. The smallest absolute Gasteiger partial charge is 0.333 e. The molecule has 202 valence electrons. The van der Waals surface area contributed by atoms with Crippen LogP contribution in [0.5, 0.6) is 0 Å². The van der Waals surface area contributed by atoms with Gasteiger partial charge in [0, 0.05) is 36.3 Å². The highest BCUT2D eigenvalue weighted by atomic mass is 19.3. The summed E-state index contributed by atoms with van der Waals surface area (Å²) in [5, 5.41) is 19.7. The Balaban J connectivity index is 1.10. The maximum absolute atomic E-state index is 13.0. The van der Waals surface area contributed by atoms with E-state index < -0.39 is 24.5 Å². The molecule has 1 amide bonds. The van der Waals surface area contributed by atoms with E-state index in [1.54, 1.807) is 0 Å². The van der Waals surface area contributed by atoms with Gasteiger partial charge in [-0.1, -0.05) is 6.07 Å². The van der Waals surface area contributed by atoms with Crippen LogP contribution in [0.25, 0.3) is 10.9 Å². The summed E-state index contributed by atoms with van der Waals surface area (Å²) in [5.74, 6) is -0.116. The minimum Gasteiger partial charge on any atom is -0.480 e. The van der Waals surface area contributed by atoms with Crippen molar-refractivity contribution in [2.24, 2.45) is 5.92 Å². The van der Waals surface area contributed by atoms with E-state index in [9.17, 15) is 23.5 Å².